The number of carbonyl (C=O) groups is 1. The molecule has 0 fully saturated rings. The lowest BCUT2D eigenvalue weighted by atomic mass is 10.1. The molecule has 0 aliphatic rings. The maximum atomic E-state index is 12.2. The molecule has 0 bridgehead atoms. The Morgan fingerprint density at radius 2 is 2.13 bits per heavy atom. The number of nitrogens with one attached hydrogen (secondary N) is 2. The van der Waals surface area contributed by atoms with E-state index in [1.807, 2.05) is 24.4 Å². The minimum Gasteiger partial charge on any atom is -0.379 e. The van der Waals surface area contributed by atoms with Gasteiger partial charge in [-0.05, 0) is 19.1 Å². The van der Waals surface area contributed by atoms with Gasteiger partial charge < -0.3 is 10.6 Å². The maximum Gasteiger partial charge on any atom is 0.259 e. The molecule has 0 aliphatic carbocycles. The third-order valence-corrected chi connectivity index (χ3v) is 4.43. The molecule has 6 nitrogen and oxygen atoms in total. The molecule has 2 heterocycles. The summed E-state index contributed by atoms with van der Waals surface area (Å²) < 4.78 is 1.59. The fraction of sp³-hybridized carbons (Fsp3) is 0.188. The van der Waals surface area contributed by atoms with E-state index in [1.54, 1.807) is 23.6 Å². The van der Waals surface area contributed by atoms with Crippen molar-refractivity contribution in [2.75, 3.05) is 12.4 Å². The molecule has 0 spiro atoms. The highest BCUT2D eigenvalue weighted by Crippen LogP contribution is 2.16. The van der Waals surface area contributed by atoms with Crippen molar-refractivity contribution in [2.24, 2.45) is 0 Å². The van der Waals surface area contributed by atoms with E-state index in [2.05, 4.69) is 15.6 Å². The first-order valence-electron chi connectivity index (χ1n) is 7.12. The van der Waals surface area contributed by atoms with Gasteiger partial charge in [-0.15, -0.1) is 11.3 Å². The van der Waals surface area contributed by atoms with Crippen molar-refractivity contribution in [3.8, 4) is 0 Å². The van der Waals surface area contributed by atoms with Gasteiger partial charge in [0.05, 0.1) is 17.8 Å². The summed E-state index contributed by atoms with van der Waals surface area (Å²) in [6.45, 7) is 2.25. The highest BCUT2D eigenvalue weighted by atomic mass is 32.1. The molecule has 1 amide bonds. The van der Waals surface area contributed by atoms with E-state index in [-0.39, 0.29) is 11.5 Å². The van der Waals surface area contributed by atoms with Crippen LogP contribution in [0.25, 0.3) is 4.96 Å². The van der Waals surface area contributed by atoms with Gasteiger partial charge in [0.25, 0.3) is 11.5 Å². The van der Waals surface area contributed by atoms with Crippen LogP contribution in [0.4, 0.5) is 5.69 Å². The van der Waals surface area contributed by atoms with Crippen LogP contribution in [0.2, 0.25) is 0 Å². The Morgan fingerprint density at radius 3 is 2.91 bits per heavy atom. The van der Waals surface area contributed by atoms with Gasteiger partial charge in [0.15, 0.2) is 4.96 Å². The third kappa shape index (κ3) is 2.95. The Morgan fingerprint density at radius 1 is 1.35 bits per heavy atom. The number of aryl methyl sites for hydroxylation is 1. The lowest BCUT2D eigenvalue weighted by molar-refractivity contribution is 0.0964. The molecular formula is C16H16N4O2S. The average molecular weight is 328 g/mol. The Bertz CT molecular complexity index is 929. The maximum absolute atomic E-state index is 12.2. The molecule has 118 valence electrons. The number of para-hydroxylation sites is 1. The van der Waals surface area contributed by atoms with Crippen molar-refractivity contribution in [3.05, 3.63) is 63.0 Å². The lowest BCUT2D eigenvalue weighted by Crippen LogP contribution is -2.20. The van der Waals surface area contributed by atoms with Crippen LogP contribution in [0.1, 0.15) is 21.7 Å². The molecule has 23 heavy (non-hydrogen) atoms. The molecule has 2 aromatic heterocycles. The van der Waals surface area contributed by atoms with Crippen LogP contribution in [-0.4, -0.2) is 22.3 Å². The summed E-state index contributed by atoms with van der Waals surface area (Å²) in [5.74, 6) is -0.162. The van der Waals surface area contributed by atoms with Gasteiger partial charge in [0.2, 0.25) is 0 Å². The average Bonchev–Trinajstić information content (AvgIpc) is 2.94. The first-order valence-corrected chi connectivity index (χ1v) is 8.00. The zero-order valence-electron chi connectivity index (χ0n) is 12.8. The van der Waals surface area contributed by atoms with Crippen LogP contribution in [0.3, 0.4) is 0 Å². The number of thiazole rings is 1. The van der Waals surface area contributed by atoms with E-state index in [0.29, 0.717) is 28.5 Å². The predicted molar refractivity (Wildman–Crippen MR) is 91.2 cm³/mol. The Hall–Kier alpha value is -2.67. The first kappa shape index (κ1) is 15.2. The van der Waals surface area contributed by atoms with Crippen molar-refractivity contribution >= 4 is 27.9 Å². The van der Waals surface area contributed by atoms with E-state index in [0.717, 1.165) is 5.69 Å². The molecule has 1 aromatic carbocycles. The molecule has 3 aromatic rings. The molecule has 2 N–H and O–H groups in total. The van der Waals surface area contributed by atoms with Crippen molar-refractivity contribution in [1.82, 2.24) is 14.7 Å². The molecule has 0 radical (unpaired) electrons. The molecule has 0 atom stereocenters. The normalized spacial score (nSPS) is 10.7. The fourth-order valence-electron chi connectivity index (χ4n) is 2.35. The molecule has 3 rings (SSSR count). The van der Waals surface area contributed by atoms with Crippen molar-refractivity contribution < 1.29 is 4.79 Å². The second-order valence-corrected chi connectivity index (χ2v) is 5.90. The number of anilines is 1. The Balaban J connectivity index is 1.87. The van der Waals surface area contributed by atoms with Gasteiger partial charge in [0, 0.05) is 29.9 Å². The van der Waals surface area contributed by atoms with Crippen molar-refractivity contribution in [1.29, 1.82) is 0 Å². The summed E-state index contributed by atoms with van der Waals surface area (Å²) in [6, 6.07) is 8.74. The van der Waals surface area contributed by atoms with Gasteiger partial charge >= 0.3 is 0 Å². The Labute approximate surface area is 136 Å². The highest BCUT2D eigenvalue weighted by molar-refractivity contribution is 7.15. The standard InChI is InChI=1S/C16H16N4O2S/c1-10-9-23-16-19-11(7-14(21)20(10)16)8-18-13-6-4-3-5-12(13)15(22)17-2/h3-7,9,18H,8H2,1-2H3,(H,17,22). The van der Waals surface area contributed by atoms with E-state index < -0.39 is 0 Å². The number of amides is 1. The van der Waals surface area contributed by atoms with Crippen LogP contribution in [-0.2, 0) is 6.54 Å². The van der Waals surface area contributed by atoms with Crippen molar-refractivity contribution in [2.45, 2.75) is 13.5 Å². The van der Waals surface area contributed by atoms with Gasteiger partial charge in [-0.25, -0.2) is 4.98 Å². The number of carbonyl (C=O) groups excluding carboxylic acids is 1. The van der Waals surface area contributed by atoms with Gasteiger partial charge in [0.1, 0.15) is 0 Å². The van der Waals surface area contributed by atoms with Crippen molar-refractivity contribution in [3.63, 3.8) is 0 Å². The fourth-order valence-corrected chi connectivity index (χ4v) is 3.24. The summed E-state index contributed by atoms with van der Waals surface area (Å²) in [4.78, 5) is 29.2. The van der Waals surface area contributed by atoms with E-state index in [4.69, 9.17) is 0 Å². The van der Waals surface area contributed by atoms with E-state index in [9.17, 15) is 9.59 Å². The zero-order valence-corrected chi connectivity index (χ0v) is 13.6. The molecule has 0 saturated carbocycles. The van der Waals surface area contributed by atoms with E-state index >= 15 is 0 Å². The molecule has 0 unspecified atom stereocenters. The minimum atomic E-state index is -0.162. The topological polar surface area (TPSA) is 75.5 Å². The summed E-state index contributed by atoms with van der Waals surface area (Å²) in [5, 5.41) is 7.69. The monoisotopic (exact) mass is 328 g/mol. The number of rotatable bonds is 4. The molecule has 0 aliphatic heterocycles. The van der Waals surface area contributed by atoms with Crippen LogP contribution in [0, 0.1) is 6.92 Å². The summed E-state index contributed by atoms with van der Waals surface area (Å²) in [7, 11) is 1.59. The molecule has 7 heteroatoms. The predicted octanol–water partition coefficient (Wildman–Crippen LogP) is 2.04. The second-order valence-electron chi connectivity index (χ2n) is 5.06. The highest BCUT2D eigenvalue weighted by Gasteiger charge is 2.10. The minimum absolute atomic E-state index is 0.0925. The quantitative estimate of drug-likeness (QED) is 0.768. The smallest absolute Gasteiger partial charge is 0.259 e. The molecule has 0 saturated heterocycles. The first-order chi connectivity index (χ1) is 11.1. The zero-order chi connectivity index (χ0) is 16.4. The third-order valence-electron chi connectivity index (χ3n) is 3.49. The lowest BCUT2D eigenvalue weighted by Gasteiger charge is -2.10. The van der Waals surface area contributed by atoms with Crippen LogP contribution < -0.4 is 16.2 Å². The van der Waals surface area contributed by atoms with Crippen LogP contribution in [0.5, 0.6) is 0 Å². The van der Waals surface area contributed by atoms with Gasteiger partial charge in [-0.2, -0.15) is 0 Å². The molecular weight excluding hydrogens is 312 g/mol. The number of benzene rings is 1. The largest absolute Gasteiger partial charge is 0.379 e. The number of hydrogen-bond acceptors (Lipinski definition) is 5. The SMILES string of the molecule is CNC(=O)c1ccccc1NCc1cc(=O)n2c(C)csc2n1. The van der Waals surface area contributed by atoms with Gasteiger partial charge in [-0.1, -0.05) is 12.1 Å². The number of nitrogens with zero attached hydrogens (tertiary/aromatic N) is 2. The summed E-state index contributed by atoms with van der Waals surface area (Å²) >= 11 is 1.44. The Kier molecular flexibility index (Phi) is 4.12. The summed E-state index contributed by atoms with van der Waals surface area (Å²) in [5.41, 5.74) is 2.69. The van der Waals surface area contributed by atoms with Crippen LogP contribution in [0.15, 0.2) is 40.5 Å². The van der Waals surface area contributed by atoms with Crippen LogP contribution >= 0.6 is 11.3 Å². The second kappa shape index (κ2) is 6.21. The van der Waals surface area contributed by atoms with Gasteiger partial charge in [-0.3, -0.25) is 14.0 Å². The number of aromatic nitrogens is 2. The number of fused-ring (bicyclic) bond motifs is 1. The summed E-state index contributed by atoms with van der Waals surface area (Å²) in [6.07, 6.45) is 0. The number of hydrogen-bond donors (Lipinski definition) is 2. The van der Waals surface area contributed by atoms with E-state index in [1.165, 1.54) is 17.4 Å².